The minimum Gasteiger partial charge on any atom is -0.507 e. The van der Waals surface area contributed by atoms with Crippen molar-refractivity contribution in [3.05, 3.63) is 29.3 Å². The molecular weight excluding hydrogens is 252 g/mol. The highest BCUT2D eigenvalue weighted by molar-refractivity contribution is 5.97. The maximum absolute atomic E-state index is 12.5. The number of rotatable bonds is 4. The van der Waals surface area contributed by atoms with Gasteiger partial charge in [-0.3, -0.25) is 9.69 Å². The fourth-order valence-corrected chi connectivity index (χ4v) is 2.96. The minimum absolute atomic E-state index is 0.0582. The highest BCUT2D eigenvalue weighted by Crippen LogP contribution is 2.23. The van der Waals surface area contributed by atoms with Crippen molar-refractivity contribution in [2.75, 3.05) is 26.2 Å². The standard InChI is InChI=1S/C16H24N2O2/c1-4-17(5-2)13-8-9-18(11-13)16(20)14-7-6-12(3)10-15(14)19/h6-7,10,13,19H,4-5,8-9,11H2,1-3H3. The Morgan fingerprint density at radius 2 is 2.10 bits per heavy atom. The van der Waals surface area contributed by atoms with Gasteiger partial charge in [0.15, 0.2) is 0 Å². The van der Waals surface area contributed by atoms with E-state index in [1.54, 1.807) is 12.1 Å². The molecule has 2 rings (SSSR count). The third-order valence-corrected chi connectivity index (χ3v) is 4.16. The van der Waals surface area contributed by atoms with Crippen molar-refractivity contribution in [2.45, 2.75) is 33.2 Å². The Morgan fingerprint density at radius 3 is 2.70 bits per heavy atom. The second-order valence-corrected chi connectivity index (χ2v) is 5.44. The lowest BCUT2D eigenvalue weighted by Gasteiger charge is -2.26. The van der Waals surface area contributed by atoms with Crippen LogP contribution in [0.2, 0.25) is 0 Å². The van der Waals surface area contributed by atoms with Crippen molar-refractivity contribution < 1.29 is 9.90 Å². The van der Waals surface area contributed by atoms with Crippen molar-refractivity contribution in [2.24, 2.45) is 0 Å². The Balaban J connectivity index is 2.08. The zero-order valence-electron chi connectivity index (χ0n) is 12.6. The molecule has 1 heterocycles. The monoisotopic (exact) mass is 276 g/mol. The van der Waals surface area contributed by atoms with E-state index in [1.807, 2.05) is 17.9 Å². The summed E-state index contributed by atoms with van der Waals surface area (Å²) in [6, 6.07) is 5.68. The number of hydrogen-bond donors (Lipinski definition) is 1. The number of carbonyl (C=O) groups is 1. The molecule has 1 aromatic carbocycles. The van der Waals surface area contributed by atoms with E-state index in [0.717, 1.165) is 38.2 Å². The van der Waals surface area contributed by atoms with Gasteiger partial charge in [-0.25, -0.2) is 0 Å². The summed E-state index contributed by atoms with van der Waals surface area (Å²) in [5.41, 5.74) is 1.37. The number of aryl methyl sites for hydroxylation is 1. The molecule has 0 spiro atoms. The second-order valence-electron chi connectivity index (χ2n) is 5.44. The van der Waals surface area contributed by atoms with Crippen LogP contribution in [0.25, 0.3) is 0 Å². The number of likely N-dealkylation sites (tertiary alicyclic amines) is 1. The SMILES string of the molecule is CCN(CC)C1CCN(C(=O)c2ccc(C)cc2O)C1. The molecule has 0 bridgehead atoms. The maximum atomic E-state index is 12.5. The van der Waals surface area contributed by atoms with Crippen LogP contribution in [0.4, 0.5) is 0 Å². The number of nitrogens with zero attached hydrogens (tertiary/aromatic N) is 2. The van der Waals surface area contributed by atoms with E-state index >= 15 is 0 Å². The Morgan fingerprint density at radius 1 is 1.40 bits per heavy atom. The van der Waals surface area contributed by atoms with Crippen molar-refractivity contribution in [3.8, 4) is 5.75 Å². The number of phenols is 1. The summed E-state index contributed by atoms with van der Waals surface area (Å²) in [5.74, 6) is 0.0263. The van der Waals surface area contributed by atoms with Crippen LogP contribution in [0, 0.1) is 6.92 Å². The van der Waals surface area contributed by atoms with Crippen LogP contribution < -0.4 is 0 Å². The summed E-state index contributed by atoms with van der Waals surface area (Å²) >= 11 is 0. The number of aromatic hydroxyl groups is 1. The van der Waals surface area contributed by atoms with Gasteiger partial charge in [0.2, 0.25) is 0 Å². The number of amides is 1. The first-order chi connectivity index (χ1) is 9.56. The van der Waals surface area contributed by atoms with Crippen LogP contribution in [0.15, 0.2) is 18.2 Å². The van der Waals surface area contributed by atoms with Crippen molar-refractivity contribution >= 4 is 5.91 Å². The van der Waals surface area contributed by atoms with Crippen molar-refractivity contribution in [3.63, 3.8) is 0 Å². The summed E-state index contributed by atoms with van der Waals surface area (Å²) in [7, 11) is 0. The Kier molecular flexibility index (Phi) is 4.65. The highest BCUT2D eigenvalue weighted by atomic mass is 16.3. The molecule has 4 nitrogen and oxygen atoms in total. The Bertz CT molecular complexity index is 483. The van der Waals surface area contributed by atoms with Gasteiger partial charge in [-0.15, -0.1) is 0 Å². The first-order valence-corrected chi connectivity index (χ1v) is 7.39. The zero-order valence-corrected chi connectivity index (χ0v) is 12.6. The third-order valence-electron chi connectivity index (χ3n) is 4.16. The molecule has 1 aliphatic rings. The lowest BCUT2D eigenvalue weighted by atomic mass is 10.1. The molecule has 1 unspecified atom stereocenters. The van der Waals surface area contributed by atoms with Crippen LogP contribution in [0.1, 0.15) is 36.2 Å². The van der Waals surface area contributed by atoms with Gasteiger partial charge in [0, 0.05) is 19.1 Å². The lowest BCUT2D eigenvalue weighted by Crippen LogP contribution is -2.38. The minimum atomic E-state index is -0.0582. The van der Waals surface area contributed by atoms with Crippen LogP contribution in [-0.2, 0) is 0 Å². The number of hydrogen-bond acceptors (Lipinski definition) is 3. The smallest absolute Gasteiger partial charge is 0.257 e. The van der Waals surface area contributed by atoms with Crippen LogP contribution >= 0.6 is 0 Å². The molecule has 1 aromatic rings. The Hall–Kier alpha value is -1.55. The summed E-state index contributed by atoms with van der Waals surface area (Å²) in [4.78, 5) is 16.7. The number of likely N-dealkylation sites (N-methyl/N-ethyl adjacent to an activating group) is 1. The van der Waals surface area contributed by atoms with Gasteiger partial charge in [-0.05, 0) is 44.1 Å². The molecule has 4 heteroatoms. The van der Waals surface area contributed by atoms with Gasteiger partial charge in [0.1, 0.15) is 5.75 Å². The predicted octanol–water partition coefficient (Wildman–Crippen LogP) is 2.26. The topological polar surface area (TPSA) is 43.8 Å². The van der Waals surface area contributed by atoms with Crippen LogP contribution in [-0.4, -0.2) is 53.0 Å². The maximum Gasteiger partial charge on any atom is 0.257 e. The average Bonchev–Trinajstić information content (AvgIpc) is 2.89. The molecule has 110 valence electrons. The van der Waals surface area contributed by atoms with Crippen molar-refractivity contribution in [1.82, 2.24) is 9.80 Å². The van der Waals surface area contributed by atoms with Crippen LogP contribution in [0.5, 0.6) is 5.75 Å². The molecule has 1 N–H and O–H groups in total. The fourth-order valence-electron chi connectivity index (χ4n) is 2.96. The quantitative estimate of drug-likeness (QED) is 0.917. The molecule has 1 atom stereocenters. The van der Waals surface area contributed by atoms with E-state index in [4.69, 9.17) is 0 Å². The van der Waals surface area contributed by atoms with E-state index < -0.39 is 0 Å². The summed E-state index contributed by atoms with van der Waals surface area (Å²) in [6.45, 7) is 9.76. The zero-order chi connectivity index (χ0) is 14.7. The largest absolute Gasteiger partial charge is 0.507 e. The molecule has 1 aliphatic heterocycles. The number of benzene rings is 1. The van der Waals surface area contributed by atoms with Gasteiger partial charge in [-0.2, -0.15) is 0 Å². The average molecular weight is 276 g/mol. The van der Waals surface area contributed by atoms with E-state index in [9.17, 15) is 9.90 Å². The summed E-state index contributed by atoms with van der Waals surface area (Å²) in [5, 5.41) is 9.93. The normalized spacial score (nSPS) is 18.8. The second kappa shape index (κ2) is 6.27. The molecule has 20 heavy (non-hydrogen) atoms. The van der Waals surface area contributed by atoms with E-state index in [0.29, 0.717) is 11.6 Å². The molecule has 0 aliphatic carbocycles. The first-order valence-electron chi connectivity index (χ1n) is 7.39. The van der Waals surface area contributed by atoms with Gasteiger partial charge in [0.05, 0.1) is 5.56 Å². The van der Waals surface area contributed by atoms with E-state index in [2.05, 4.69) is 18.7 Å². The van der Waals surface area contributed by atoms with E-state index in [1.165, 1.54) is 0 Å². The molecule has 1 saturated heterocycles. The van der Waals surface area contributed by atoms with Crippen molar-refractivity contribution in [1.29, 1.82) is 0 Å². The summed E-state index contributed by atoms with van der Waals surface area (Å²) < 4.78 is 0. The van der Waals surface area contributed by atoms with Gasteiger partial charge in [0.25, 0.3) is 5.91 Å². The van der Waals surface area contributed by atoms with Gasteiger partial charge in [-0.1, -0.05) is 19.9 Å². The number of carbonyl (C=O) groups excluding carboxylic acids is 1. The number of phenolic OH excluding ortho intramolecular Hbond substituents is 1. The first kappa shape index (κ1) is 14.9. The fraction of sp³-hybridized carbons (Fsp3) is 0.562. The molecular formula is C16H24N2O2. The lowest BCUT2D eigenvalue weighted by molar-refractivity contribution is 0.0775. The molecule has 0 radical (unpaired) electrons. The summed E-state index contributed by atoms with van der Waals surface area (Å²) in [6.07, 6.45) is 1.01. The molecule has 0 aromatic heterocycles. The van der Waals surface area contributed by atoms with Gasteiger partial charge >= 0.3 is 0 Å². The van der Waals surface area contributed by atoms with Gasteiger partial charge < -0.3 is 10.0 Å². The van der Waals surface area contributed by atoms with E-state index in [-0.39, 0.29) is 11.7 Å². The van der Waals surface area contributed by atoms with Crippen LogP contribution in [0.3, 0.4) is 0 Å². The molecule has 1 amide bonds. The molecule has 1 fully saturated rings. The highest BCUT2D eigenvalue weighted by Gasteiger charge is 2.30. The predicted molar refractivity (Wildman–Crippen MR) is 80.1 cm³/mol. The molecule has 0 saturated carbocycles. The Labute approximate surface area is 121 Å². The third kappa shape index (κ3) is 2.96.